The zero-order chi connectivity index (χ0) is 39.1. The molecule has 0 aliphatic heterocycles. The molecule has 9 heteroatoms. The predicted molar refractivity (Wildman–Crippen MR) is 222 cm³/mol. The van der Waals surface area contributed by atoms with E-state index in [0.29, 0.717) is 24.1 Å². The van der Waals surface area contributed by atoms with Crippen LogP contribution >= 0.6 is 7.82 Å². The second kappa shape index (κ2) is 37.9. The SMILES string of the molecule is CCCCCC/C=C\C/C=C\CCCCCCCCCCOCC(COP(=O)([O-])OCC[N+](C)(C)C)OC(=O)CCCCCCCCCCCCCC. The molecule has 0 heterocycles. The van der Waals surface area contributed by atoms with Gasteiger partial charge < -0.3 is 27.9 Å². The van der Waals surface area contributed by atoms with Gasteiger partial charge in [-0.05, 0) is 44.9 Å². The van der Waals surface area contributed by atoms with Gasteiger partial charge in [0, 0.05) is 13.0 Å². The van der Waals surface area contributed by atoms with Gasteiger partial charge in [0.15, 0.2) is 0 Å². The number of hydrogen-bond donors (Lipinski definition) is 0. The minimum atomic E-state index is -4.52. The summed E-state index contributed by atoms with van der Waals surface area (Å²) in [4.78, 5) is 25.0. The Morgan fingerprint density at radius 2 is 1.04 bits per heavy atom. The highest BCUT2D eigenvalue weighted by molar-refractivity contribution is 7.45. The van der Waals surface area contributed by atoms with Gasteiger partial charge in [-0.25, -0.2) is 0 Å². The van der Waals surface area contributed by atoms with Gasteiger partial charge in [-0.3, -0.25) is 9.36 Å². The lowest BCUT2D eigenvalue weighted by Crippen LogP contribution is -2.37. The number of carbonyl (C=O) groups excluding carboxylic acids is 1. The number of phosphoric ester groups is 1. The quantitative estimate of drug-likeness (QED) is 0.0201. The molecule has 2 atom stereocenters. The number of esters is 1. The van der Waals surface area contributed by atoms with Crippen molar-refractivity contribution in [1.29, 1.82) is 0 Å². The highest BCUT2D eigenvalue weighted by atomic mass is 31.2. The highest BCUT2D eigenvalue weighted by Gasteiger charge is 2.20. The molecule has 0 bridgehead atoms. The third kappa shape index (κ3) is 42.0. The average molecular weight is 772 g/mol. The molecule has 2 unspecified atom stereocenters. The molecule has 0 spiro atoms. The molecule has 0 aromatic rings. The fourth-order valence-corrected chi connectivity index (χ4v) is 6.78. The van der Waals surface area contributed by atoms with Gasteiger partial charge in [0.05, 0.1) is 34.4 Å². The van der Waals surface area contributed by atoms with E-state index in [2.05, 4.69) is 38.2 Å². The Bertz CT molecular complexity index is 905. The summed E-state index contributed by atoms with van der Waals surface area (Å²) in [6, 6.07) is 0. The smallest absolute Gasteiger partial charge is 0.306 e. The van der Waals surface area contributed by atoms with Crippen LogP contribution in [0.15, 0.2) is 24.3 Å². The minimum Gasteiger partial charge on any atom is -0.756 e. The summed E-state index contributed by atoms with van der Waals surface area (Å²) in [6.45, 7) is 5.40. The van der Waals surface area contributed by atoms with Gasteiger partial charge in [-0.1, -0.05) is 167 Å². The maximum absolute atomic E-state index is 12.6. The first-order valence-corrected chi connectivity index (χ1v) is 23.5. The molecule has 0 aromatic heterocycles. The van der Waals surface area contributed by atoms with Gasteiger partial charge in [0.2, 0.25) is 0 Å². The lowest BCUT2D eigenvalue weighted by molar-refractivity contribution is -0.870. The molecule has 53 heavy (non-hydrogen) atoms. The van der Waals surface area contributed by atoms with Crippen LogP contribution < -0.4 is 4.89 Å². The first kappa shape index (κ1) is 52.0. The molecule has 8 nitrogen and oxygen atoms in total. The molecule has 0 N–H and O–H groups in total. The molecular formula is C44H86NO7P. The van der Waals surface area contributed by atoms with E-state index in [-0.39, 0.29) is 25.8 Å². The number of rotatable bonds is 41. The zero-order valence-electron chi connectivity index (χ0n) is 35.5. The van der Waals surface area contributed by atoms with Crippen LogP contribution in [0.5, 0.6) is 0 Å². The molecule has 0 aromatic carbocycles. The third-order valence-corrected chi connectivity index (χ3v) is 10.5. The van der Waals surface area contributed by atoms with Crippen molar-refractivity contribution in [3.8, 4) is 0 Å². The van der Waals surface area contributed by atoms with Crippen molar-refractivity contribution in [1.82, 2.24) is 0 Å². The molecule has 0 rings (SSSR count). The molecular weight excluding hydrogens is 685 g/mol. The molecule has 0 radical (unpaired) electrons. The van der Waals surface area contributed by atoms with Crippen molar-refractivity contribution in [2.24, 2.45) is 0 Å². The monoisotopic (exact) mass is 772 g/mol. The Morgan fingerprint density at radius 3 is 1.55 bits per heavy atom. The van der Waals surface area contributed by atoms with E-state index in [1.54, 1.807) is 0 Å². The summed E-state index contributed by atoms with van der Waals surface area (Å²) in [5.41, 5.74) is 0. The van der Waals surface area contributed by atoms with Crippen molar-refractivity contribution in [2.45, 2.75) is 200 Å². The molecule has 0 amide bonds. The Kier molecular flexibility index (Phi) is 37.2. The van der Waals surface area contributed by atoms with Crippen LogP contribution in [0.25, 0.3) is 0 Å². The molecule has 0 saturated carbocycles. The van der Waals surface area contributed by atoms with Crippen LogP contribution in [0.2, 0.25) is 0 Å². The number of quaternary nitrogens is 1. The summed E-state index contributed by atoms with van der Waals surface area (Å²) in [6.07, 6.45) is 41.8. The Labute approximate surface area is 328 Å². The van der Waals surface area contributed by atoms with E-state index in [0.717, 1.165) is 38.5 Å². The van der Waals surface area contributed by atoms with Gasteiger partial charge in [-0.15, -0.1) is 0 Å². The molecule has 0 fully saturated rings. The standard InChI is InChI=1S/C44H86NO7P/c1-6-8-10-12-14-16-18-20-21-22-23-24-25-26-28-30-32-34-36-39-49-41-43(42-51-53(47,48)50-40-38-45(3,4)5)52-44(46)37-35-33-31-29-27-19-17-15-13-11-9-7-2/h16,18,21-22,43H,6-15,17,19-20,23-42H2,1-5H3/b18-16-,22-21-. The number of likely N-dealkylation sites (N-methyl/N-ethyl adjacent to an activating group) is 1. The maximum atomic E-state index is 12.6. The average Bonchev–Trinajstić information content (AvgIpc) is 3.11. The number of nitrogens with zero attached hydrogens (tertiary/aromatic N) is 1. The molecule has 0 aliphatic carbocycles. The van der Waals surface area contributed by atoms with Gasteiger partial charge >= 0.3 is 5.97 Å². The van der Waals surface area contributed by atoms with Crippen LogP contribution in [0.1, 0.15) is 194 Å². The van der Waals surface area contributed by atoms with E-state index in [1.807, 2.05) is 21.1 Å². The second-order valence-corrected chi connectivity index (χ2v) is 17.5. The zero-order valence-corrected chi connectivity index (χ0v) is 36.4. The maximum Gasteiger partial charge on any atom is 0.306 e. The van der Waals surface area contributed by atoms with Crippen molar-refractivity contribution in [3.63, 3.8) is 0 Å². The Morgan fingerprint density at radius 1 is 0.585 bits per heavy atom. The number of allylic oxidation sites excluding steroid dienone is 4. The normalized spacial score (nSPS) is 14.0. The Hall–Kier alpha value is -1.02. The molecule has 314 valence electrons. The van der Waals surface area contributed by atoms with Gasteiger partial charge in [0.25, 0.3) is 7.82 Å². The fraction of sp³-hybridized carbons (Fsp3) is 0.886. The first-order chi connectivity index (χ1) is 25.6. The van der Waals surface area contributed by atoms with Crippen LogP contribution in [0.4, 0.5) is 0 Å². The van der Waals surface area contributed by atoms with Gasteiger partial charge in [-0.2, -0.15) is 0 Å². The van der Waals surface area contributed by atoms with Gasteiger partial charge in [0.1, 0.15) is 19.3 Å². The van der Waals surface area contributed by atoms with Crippen LogP contribution in [-0.4, -0.2) is 70.7 Å². The van der Waals surface area contributed by atoms with Crippen molar-refractivity contribution < 1.29 is 37.3 Å². The third-order valence-electron chi connectivity index (χ3n) is 9.51. The molecule has 0 saturated heterocycles. The lowest BCUT2D eigenvalue weighted by Gasteiger charge is -2.28. The topological polar surface area (TPSA) is 94.1 Å². The van der Waals surface area contributed by atoms with E-state index in [4.69, 9.17) is 18.5 Å². The number of carbonyl (C=O) groups is 1. The summed E-state index contributed by atoms with van der Waals surface area (Å²) in [5, 5.41) is 0. The van der Waals surface area contributed by atoms with Crippen LogP contribution in [-0.2, 0) is 27.9 Å². The number of ether oxygens (including phenoxy) is 2. The van der Waals surface area contributed by atoms with E-state index < -0.39 is 13.9 Å². The summed E-state index contributed by atoms with van der Waals surface area (Å²) in [7, 11) is 1.36. The summed E-state index contributed by atoms with van der Waals surface area (Å²) < 4.78 is 34.6. The van der Waals surface area contributed by atoms with Crippen molar-refractivity contribution >= 4 is 13.8 Å². The van der Waals surface area contributed by atoms with E-state index >= 15 is 0 Å². The second-order valence-electron chi connectivity index (χ2n) is 16.1. The predicted octanol–water partition coefficient (Wildman–Crippen LogP) is 12.2. The summed E-state index contributed by atoms with van der Waals surface area (Å²) >= 11 is 0. The number of phosphoric acid groups is 1. The fourth-order valence-electron chi connectivity index (χ4n) is 6.05. The van der Waals surface area contributed by atoms with Crippen molar-refractivity contribution in [3.05, 3.63) is 24.3 Å². The molecule has 0 aliphatic rings. The largest absolute Gasteiger partial charge is 0.756 e. The highest BCUT2D eigenvalue weighted by Crippen LogP contribution is 2.38. The van der Waals surface area contributed by atoms with Crippen LogP contribution in [0.3, 0.4) is 0 Å². The minimum absolute atomic E-state index is 0.0267. The lowest BCUT2D eigenvalue weighted by atomic mass is 10.0. The van der Waals surface area contributed by atoms with E-state index in [9.17, 15) is 14.3 Å². The first-order valence-electron chi connectivity index (χ1n) is 22.1. The Balaban J connectivity index is 4.19. The summed E-state index contributed by atoms with van der Waals surface area (Å²) in [5.74, 6) is -0.336. The van der Waals surface area contributed by atoms with Crippen molar-refractivity contribution in [2.75, 3.05) is 54.1 Å². The number of hydrogen-bond acceptors (Lipinski definition) is 7. The van der Waals surface area contributed by atoms with Crippen LogP contribution in [0, 0.1) is 0 Å². The van der Waals surface area contributed by atoms with E-state index in [1.165, 1.54) is 135 Å². The number of unbranched alkanes of at least 4 members (excludes halogenated alkanes) is 23.